The minimum absolute atomic E-state index is 0.675. The van der Waals surface area contributed by atoms with Gasteiger partial charge in [-0.25, -0.2) is 4.98 Å². The number of para-hydroxylation sites is 1. The first-order chi connectivity index (χ1) is 9.20. The van der Waals surface area contributed by atoms with E-state index in [4.69, 9.17) is 11.6 Å². The Bertz CT molecular complexity index is 537. The molecule has 0 aliphatic heterocycles. The first kappa shape index (κ1) is 13.6. The third-order valence-electron chi connectivity index (χ3n) is 2.67. The van der Waals surface area contributed by atoms with Crippen molar-refractivity contribution in [2.24, 2.45) is 0 Å². The van der Waals surface area contributed by atoms with Crippen LogP contribution in [0.25, 0.3) is 0 Å². The molecule has 0 unspecified atom stereocenters. The van der Waals surface area contributed by atoms with Crippen LogP contribution in [0.2, 0.25) is 5.02 Å². The fraction of sp³-hybridized carbons (Fsp3) is 0.286. The van der Waals surface area contributed by atoms with Gasteiger partial charge in [-0.1, -0.05) is 30.7 Å². The molecule has 1 aromatic heterocycles. The predicted molar refractivity (Wildman–Crippen MR) is 80.3 cm³/mol. The molecule has 1 heterocycles. The molecule has 1 aromatic carbocycles. The molecular weight excluding hydrogens is 260 g/mol. The van der Waals surface area contributed by atoms with Crippen molar-refractivity contribution in [2.45, 2.75) is 20.3 Å². The van der Waals surface area contributed by atoms with Crippen LogP contribution in [0.1, 0.15) is 18.9 Å². The molecule has 0 saturated carbocycles. The zero-order chi connectivity index (χ0) is 13.7. The van der Waals surface area contributed by atoms with Crippen LogP contribution in [0.4, 0.5) is 17.3 Å². The minimum atomic E-state index is 0.675. The van der Waals surface area contributed by atoms with Crippen LogP contribution in [0.5, 0.6) is 0 Å². The van der Waals surface area contributed by atoms with E-state index in [0.29, 0.717) is 10.8 Å². The number of hydrogen-bond donors (Lipinski definition) is 2. The molecule has 0 amide bonds. The standard InChI is InChI=1S/C14H17ClN4/c1-3-7-17-12-8-16-9-13(18-12)19-14-10(2)5-4-6-11(14)15/h4-6,8-9H,3,7H2,1-2H3,(H2,17,18,19). The Kier molecular flexibility index (Phi) is 4.58. The Labute approximate surface area is 118 Å². The lowest BCUT2D eigenvalue weighted by atomic mass is 10.2. The van der Waals surface area contributed by atoms with E-state index in [1.54, 1.807) is 12.4 Å². The molecule has 0 spiro atoms. The summed E-state index contributed by atoms with van der Waals surface area (Å²) in [7, 11) is 0. The molecule has 2 rings (SSSR count). The first-order valence-electron chi connectivity index (χ1n) is 6.28. The Morgan fingerprint density at radius 3 is 2.74 bits per heavy atom. The number of hydrogen-bond acceptors (Lipinski definition) is 4. The van der Waals surface area contributed by atoms with Gasteiger partial charge in [0.2, 0.25) is 0 Å². The summed E-state index contributed by atoms with van der Waals surface area (Å²) in [5.74, 6) is 1.44. The van der Waals surface area contributed by atoms with E-state index in [9.17, 15) is 0 Å². The number of anilines is 3. The number of nitrogens with one attached hydrogen (secondary N) is 2. The first-order valence-corrected chi connectivity index (χ1v) is 6.66. The van der Waals surface area contributed by atoms with Gasteiger partial charge in [0.1, 0.15) is 5.82 Å². The molecule has 5 heteroatoms. The van der Waals surface area contributed by atoms with Crippen LogP contribution in [0.3, 0.4) is 0 Å². The molecule has 0 aliphatic rings. The maximum atomic E-state index is 6.18. The summed E-state index contributed by atoms with van der Waals surface area (Å²) in [6, 6.07) is 5.78. The van der Waals surface area contributed by atoms with E-state index in [1.165, 1.54) is 0 Å². The summed E-state index contributed by atoms with van der Waals surface area (Å²) >= 11 is 6.18. The molecule has 19 heavy (non-hydrogen) atoms. The van der Waals surface area contributed by atoms with E-state index < -0.39 is 0 Å². The Morgan fingerprint density at radius 1 is 1.21 bits per heavy atom. The second kappa shape index (κ2) is 6.38. The fourth-order valence-corrected chi connectivity index (χ4v) is 1.95. The largest absolute Gasteiger partial charge is 0.369 e. The molecule has 0 radical (unpaired) electrons. The molecule has 0 bridgehead atoms. The monoisotopic (exact) mass is 276 g/mol. The highest BCUT2D eigenvalue weighted by atomic mass is 35.5. The van der Waals surface area contributed by atoms with Crippen molar-refractivity contribution < 1.29 is 0 Å². The molecule has 0 fully saturated rings. The summed E-state index contributed by atoms with van der Waals surface area (Å²) in [6.07, 6.45) is 4.43. The van der Waals surface area contributed by atoms with Crippen molar-refractivity contribution >= 4 is 28.9 Å². The highest BCUT2D eigenvalue weighted by molar-refractivity contribution is 6.33. The average Bonchev–Trinajstić information content (AvgIpc) is 2.41. The van der Waals surface area contributed by atoms with E-state index in [1.807, 2.05) is 25.1 Å². The molecule has 0 atom stereocenters. The Balaban J connectivity index is 2.19. The maximum absolute atomic E-state index is 6.18. The second-order valence-electron chi connectivity index (χ2n) is 4.27. The van der Waals surface area contributed by atoms with E-state index in [2.05, 4.69) is 27.5 Å². The van der Waals surface area contributed by atoms with Gasteiger partial charge in [0, 0.05) is 6.54 Å². The number of aryl methyl sites for hydroxylation is 1. The van der Waals surface area contributed by atoms with Crippen molar-refractivity contribution in [1.82, 2.24) is 9.97 Å². The third kappa shape index (κ3) is 3.58. The summed E-state index contributed by atoms with van der Waals surface area (Å²) < 4.78 is 0. The van der Waals surface area contributed by atoms with Gasteiger partial charge >= 0.3 is 0 Å². The maximum Gasteiger partial charge on any atom is 0.151 e. The van der Waals surface area contributed by atoms with Gasteiger partial charge in [-0.2, -0.15) is 0 Å². The quantitative estimate of drug-likeness (QED) is 0.866. The van der Waals surface area contributed by atoms with Crippen molar-refractivity contribution in [3.05, 3.63) is 41.2 Å². The fourth-order valence-electron chi connectivity index (χ4n) is 1.68. The van der Waals surface area contributed by atoms with Gasteiger partial charge in [0.25, 0.3) is 0 Å². The SMILES string of the molecule is CCCNc1cncc(Nc2c(C)cccc2Cl)n1. The Morgan fingerprint density at radius 2 is 2.00 bits per heavy atom. The van der Waals surface area contributed by atoms with Gasteiger partial charge in [-0.05, 0) is 25.0 Å². The summed E-state index contributed by atoms with van der Waals surface area (Å²) in [5, 5.41) is 7.09. The van der Waals surface area contributed by atoms with Crippen LogP contribution >= 0.6 is 11.6 Å². The van der Waals surface area contributed by atoms with Crippen LogP contribution in [-0.4, -0.2) is 16.5 Å². The van der Waals surface area contributed by atoms with Crippen LogP contribution in [-0.2, 0) is 0 Å². The molecule has 0 saturated heterocycles. The van der Waals surface area contributed by atoms with Gasteiger partial charge in [0.05, 0.1) is 23.1 Å². The van der Waals surface area contributed by atoms with Crippen LogP contribution < -0.4 is 10.6 Å². The normalized spacial score (nSPS) is 10.3. The zero-order valence-electron chi connectivity index (χ0n) is 11.1. The minimum Gasteiger partial charge on any atom is -0.369 e. The van der Waals surface area contributed by atoms with Crippen molar-refractivity contribution in [2.75, 3.05) is 17.2 Å². The van der Waals surface area contributed by atoms with Gasteiger partial charge in [-0.15, -0.1) is 0 Å². The van der Waals surface area contributed by atoms with Gasteiger partial charge in [-0.3, -0.25) is 4.98 Å². The molecular formula is C14H17ClN4. The number of nitrogens with zero attached hydrogens (tertiary/aromatic N) is 2. The lowest BCUT2D eigenvalue weighted by Gasteiger charge is -2.11. The molecule has 100 valence electrons. The average molecular weight is 277 g/mol. The lowest BCUT2D eigenvalue weighted by Crippen LogP contribution is -2.04. The highest BCUT2D eigenvalue weighted by Crippen LogP contribution is 2.27. The summed E-state index contributed by atoms with van der Waals surface area (Å²) in [5.41, 5.74) is 1.94. The molecule has 2 aromatic rings. The molecule has 0 aliphatic carbocycles. The number of aromatic nitrogens is 2. The lowest BCUT2D eigenvalue weighted by molar-refractivity contribution is 0.965. The van der Waals surface area contributed by atoms with Crippen LogP contribution in [0.15, 0.2) is 30.6 Å². The Hall–Kier alpha value is -1.81. The number of rotatable bonds is 5. The zero-order valence-corrected chi connectivity index (χ0v) is 11.8. The van der Waals surface area contributed by atoms with E-state index in [-0.39, 0.29) is 0 Å². The topological polar surface area (TPSA) is 49.8 Å². The van der Waals surface area contributed by atoms with Crippen molar-refractivity contribution in [3.8, 4) is 0 Å². The molecule has 2 N–H and O–H groups in total. The van der Waals surface area contributed by atoms with E-state index in [0.717, 1.165) is 30.0 Å². The summed E-state index contributed by atoms with van der Waals surface area (Å²) in [6.45, 7) is 4.99. The smallest absolute Gasteiger partial charge is 0.151 e. The predicted octanol–water partition coefficient (Wildman–Crippen LogP) is 4.00. The van der Waals surface area contributed by atoms with Gasteiger partial charge in [0.15, 0.2) is 5.82 Å². The summed E-state index contributed by atoms with van der Waals surface area (Å²) in [4.78, 5) is 8.61. The molecule has 4 nitrogen and oxygen atoms in total. The highest BCUT2D eigenvalue weighted by Gasteiger charge is 2.05. The number of benzene rings is 1. The van der Waals surface area contributed by atoms with Crippen molar-refractivity contribution in [1.29, 1.82) is 0 Å². The van der Waals surface area contributed by atoms with Crippen molar-refractivity contribution in [3.63, 3.8) is 0 Å². The van der Waals surface area contributed by atoms with Crippen LogP contribution in [0, 0.1) is 6.92 Å². The second-order valence-corrected chi connectivity index (χ2v) is 4.68. The number of halogens is 1. The van der Waals surface area contributed by atoms with Gasteiger partial charge < -0.3 is 10.6 Å². The third-order valence-corrected chi connectivity index (χ3v) is 2.98. The van der Waals surface area contributed by atoms with E-state index >= 15 is 0 Å².